The van der Waals surface area contributed by atoms with E-state index >= 15 is 0 Å². The predicted molar refractivity (Wildman–Crippen MR) is 268 cm³/mol. The minimum Gasteiger partial charge on any atom is -0.394 e. The molecule has 0 aromatic carbocycles. The fraction of sp³-hybridized carbons (Fsp3) is 0.717. The molecular formula is C53H87NO18. The third-order valence-corrected chi connectivity index (χ3v) is 12.5. The Labute approximate surface area is 425 Å². The number of hydrogen-bond acceptors (Lipinski definition) is 18. The summed E-state index contributed by atoms with van der Waals surface area (Å²) in [6.45, 7) is 1.43. The average Bonchev–Trinajstić information content (AvgIpc) is 3.37. The van der Waals surface area contributed by atoms with Crippen molar-refractivity contribution in [3.05, 3.63) is 85.1 Å². The van der Waals surface area contributed by atoms with E-state index in [-0.39, 0.29) is 6.42 Å². The highest BCUT2D eigenvalue weighted by Crippen LogP contribution is 2.33. The van der Waals surface area contributed by atoms with Gasteiger partial charge >= 0.3 is 0 Å². The van der Waals surface area contributed by atoms with E-state index in [0.29, 0.717) is 12.8 Å². The largest absolute Gasteiger partial charge is 0.394 e. The van der Waals surface area contributed by atoms with Crippen LogP contribution in [-0.2, 0) is 33.2 Å². The fourth-order valence-electron chi connectivity index (χ4n) is 8.15. The number of rotatable bonds is 34. The second-order valence-electron chi connectivity index (χ2n) is 18.3. The van der Waals surface area contributed by atoms with Gasteiger partial charge in [0.25, 0.3) is 0 Å². The number of nitrogens with one attached hydrogen (secondary N) is 1. The molecule has 0 aliphatic carbocycles. The lowest BCUT2D eigenvalue weighted by Crippen LogP contribution is -2.66. The van der Waals surface area contributed by atoms with Crippen molar-refractivity contribution in [2.24, 2.45) is 0 Å². The molecule has 19 heteroatoms. The lowest BCUT2D eigenvalue weighted by molar-refractivity contribution is -0.379. The van der Waals surface area contributed by atoms with Crippen molar-refractivity contribution in [2.45, 2.75) is 214 Å². The summed E-state index contributed by atoms with van der Waals surface area (Å²) < 4.78 is 34.0. The third-order valence-electron chi connectivity index (χ3n) is 12.5. The van der Waals surface area contributed by atoms with Crippen LogP contribution in [0.2, 0.25) is 0 Å². The highest BCUT2D eigenvalue weighted by atomic mass is 16.8. The molecule has 3 saturated heterocycles. The van der Waals surface area contributed by atoms with E-state index in [1.807, 2.05) is 18.2 Å². The molecule has 412 valence electrons. The van der Waals surface area contributed by atoms with Gasteiger partial charge in [-0.25, -0.2) is 0 Å². The van der Waals surface area contributed by atoms with Gasteiger partial charge in [0.05, 0.1) is 38.6 Å². The highest BCUT2D eigenvalue weighted by Gasteiger charge is 2.53. The summed E-state index contributed by atoms with van der Waals surface area (Å²) in [5, 5.41) is 119. The smallest absolute Gasteiger partial charge is 0.224 e. The number of unbranched alkanes of at least 4 members (excludes halogenated alkanes) is 7. The van der Waals surface area contributed by atoms with Crippen molar-refractivity contribution >= 4 is 5.91 Å². The first-order chi connectivity index (χ1) is 34.8. The van der Waals surface area contributed by atoms with Crippen LogP contribution in [0, 0.1) is 0 Å². The quantitative estimate of drug-likeness (QED) is 0.0324. The molecule has 0 radical (unpaired) electrons. The first-order valence-corrected chi connectivity index (χ1v) is 25.8. The molecule has 0 saturated carbocycles. The number of allylic oxidation sites excluding steroid dienone is 12. The summed E-state index contributed by atoms with van der Waals surface area (Å²) in [7, 11) is 0. The zero-order valence-corrected chi connectivity index (χ0v) is 42.1. The van der Waals surface area contributed by atoms with E-state index in [1.165, 1.54) is 32.1 Å². The number of aliphatic hydroxyl groups is 11. The van der Waals surface area contributed by atoms with E-state index in [2.05, 4.69) is 67.8 Å². The van der Waals surface area contributed by atoms with Crippen molar-refractivity contribution in [3.63, 3.8) is 0 Å². The summed E-state index contributed by atoms with van der Waals surface area (Å²) in [6.07, 6.45) is 14.8. The maximum absolute atomic E-state index is 13.2. The number of carbonyl (C=O) groups is 1. The molecule has 0 bridgehead atoms. The lowest BCUT2D eigenvalue weighted by atomic mass is 9.96. The van der Waals surface area contributed by atoms with Crippen LogP contribution in [0.1, 0.15) is 110 Å². The molecule has 12 N–H and O–H groups in total. The molecule has 3 aliphatic heterocycles. The molecule has 3 rings (SSSR count). The Morgan fingerprint density at radius 2 is 0.972 bits per heavy atom. The molecule has 17 atom stereocenters. The van der Waals surface area contributed by atoms with E-state index in [9.17, 15) is 61.0 Å². The molecule has 0 aromatic heterocycles. The number of aliphatic hydroxyl groups excluding tert-OH is 11. The zero-order chi connectivity index (χ0) is 52.7. The number of amides is 1. The van der Waals surface area contributed by atoms with Gasteiger partial charge in [-0.3, -0.25) is 4.79 Å². The second kappa shape index (κ2) is 36.8. The topological polar surface area (TPSA) is 307 Å². The van der Waals surface area contributed by atoms with Crippen LogP contribution >= 0.6 is 0 Å². The van der Waals surface area contributed by atoms with Crippen molar-refractivity contribution < 1.29 is 89.4 Å². The Balaban J connectivity index is 1.60. The van der Waals surface area contributed by atoms with Crippen LogP contribution in [0.25, 0.3) is 0 Å². The van der Waals surface area contributed by atoms with Crippen LogP contribution in [-0.4, -0.2) is 193 Å². The standard InChI is InChI=1S/C53H87NO18/c1-3-5-7-9-11-13-15-17-18-19-21-23-25-27-29-31-41(59)54-36(37(58)30-28-26-24-22-20-16-14-12-10-8-6-4-2)35-67-51-47(65)44(62)49(39(33-56)69-51)72-53-48(66)45(63)50(40(34-57)70-53)71-52-46(64)43(61)42(60)38(32-55)68-52/h5,7,11,13,17-18,20-23,27-30,36-40,42-53,55-58,60-66H,3-4,6,8-10,12,14-16,19,24-26,31-35H2,1-2H3,(H,54,59)/b7-5-,13-11-,18-17-,22-20+,23-21-,29-27-,30-28+. The van der Waals surface area contributed by atoms with Crippen LogP contribution in [0.4, 0.5) is 0 Å². The Morgan fingerprint density at radius 1 is 0.514 bits per heavy atom. The Hall–Kier alpha value is -3.03. The molecule has 1 amide bonds. The van der Waals surface area contributed by atoms with Crippen molar-refractivity contribution in [3.8, 4) is 0 Å². The number of hydrogen-bond donors (Lipinski definition) is 12. The first-order valence-electron chi connectivity index (χ1n) is 25.8. The minimum absolute atomic E-state index is 0.00171. The van der Waals surface area contributed by atoms with Crippen molar-refractivity contribution in [1.29, 1.82) is 0 Å². The van der Waals surface area contributed by atoms with Gasteiger partial charge in [0, 0.05) is 6.42 Å². The van der Waals surface area contributed by atoms with Crippen LogP contribution in [0.3, 0.4) is 0 Å². The van der Waals surface area contributed by atoms with Gasteiger partial charge in [0.15, 0.2) is 18.9 Å². The van der Waals surface area contributed by atoms with Gasteiger partial charge < -0.3 is 89.9 Å². The minimum atomic E-state index is -1.99. The Kier molecular flexibility index (Phi) is 32.4. The van der Waals surface area contributed by atoms with Crippen LogP contribution in [0.5, 0.6) is 0 Å². The van der Waals surface area contributed by atoms with Gasteiger partial charge in [-0.2, -0.15) is 0 Å². The zero-order valence-electron chi connectivity index (χ0n) is 42.1. The van der Waals surface area contributed by atoms with Gasteiger partial charge in [0.2, 0.25) is 5.91 Å². The highest BCUT2D eigenvalue weighted by molar-refractivity contribution is 5.77. The number of ether oxygens (including phenoxy) is 6. The normalized spacial score (nSPS) is 32.7. The average molecular weight is 1030 g/mol. The van der Waals surface area contributed by atoms with Gasteiger partial charge in [0.1, 0.15) is 73.2 Å². The van der Waals surface area contributed by atoms with Crippen LogP contribution in [0.15, 0.2) is 85.1 Å². The molecular weight excluding hydrogens is 939 g/mol. The molecule has 17 unspecified atom stereocenters. The van der Waals surface area contributed by atoms with Crippen molar-refractivity contribution in [2.75, 3.05) is 26.4 Å². The van der Waals surface area contributed by atoms with E-state index in [0.717, 1.165) is 44.9 Å². The van der Waals surface area contributed by atoms with Gasteiger partial charge in [-0.15, -0.1) is 0 Å². The maximum Gasteiger partial charge on any atom is 0.224 e. The third kappa shape index (κ3) is 22.0. The summed E-state index contributed by atoms with van der Waals surface area (Å²) in [5.74, 6) is -0.419. The monoisotopic (exact) mass is 1030 g/mol. The molecule has 19 nitrogen and oxygen atoms in total. The summed E-state index contributed by atoms with van der Waals surface area (Å²) in [6, 6.07) is -1.05. The SMILES string of the molecule is CC/C=C\C/C=C\C/C=C\C/C=C\C/C=C\CC(=O)NC(COC1OC(CO)C(OC2OC(CO)C(OC3OC(CO)C(O)C(O)C3O)C(O)C2O)C(O)C1O)C(O)/C=C/CC/C=C/CCCCCCCC. The Morgan fingerprint density at radius 3 is 1.53 bits per heavy atom. The molecule has 72 heavy (non-hydrogen) atoms. The summed E-state index contributed by atoms with van der Waals surface area (Å²) in [4.78, 5) is 13.2. The summed E-state index contributed by atoms with van der Waals surface area (Å²) in [5.41, 5.74) is 0. The Bertz CT molecular complexity index is 1650. The predicted octanol–water partition coefficient (Wildman–Crippen LogP) is 2.08. The van der Waals surface area contributed by atoms with Crippen molar-refractivity contribution in [1.82, 2.24) is 5.32 Å². The van der Waals surface area contributed by atoms with Gasteiger partial charge in [-0.05, 0) is 57.8 Å². The summed E-state index contributed by atoms with van der Waals surface area (Å²) >= 11 is 0. The lowest BCUT2D eigenvalue weighted by Gasteiger charge is -2.48. The molecule has 0 aromatic rings. The van der Waals surface area contributed by atoms with E-state index < -0.39 is 137 Å². The molecule has 3 heterocycles. The van der Waals surface area contributed by atoms with E-state index in [4.69, 9.17) is 28.4 Å². The first kappa shape index (κ1) is 63.3. The van der Waals surface area contributed by atoms with Crippen LogP contribution < -0.4 is 5.32 Å². The fourth-order valence-corrected chi connectivity index (χ4v) is 8.15. The molecule has 3 aliphatic rings. The molecule has 0 spiro atoms. The second-order valence-corrected chi connectivity index (χ2v) is 18.3. The number of carbonyl (C=O) groups excluding carboxylic acids is 1. The maximum atomic E-state index is 13.2. The van der Waals surface area contributed by atoms with Gasteiger partial charge in [-0.1, -0.05) is 131 Å². The molecule has 3 fully saturated rings. The van der Waals surface area contributed by atoms with E-state index in [1.54, 1.807) is 18.2 Å².